The summed E-state index contributed by atoms with van der Waals surface area (Å²) < 4.78 is 12.8. The average molecular weight is 483 g/mol. The first-order valence-electron chi connectivity index (χ1n) is 9.74. The number of piperidine rings is 1. The van der Waals surface area contributed by atoms with Crippen LogP contribution in [0.2, 0.25) is 0 Å². The van der Waals surface area contributed by atoms with Crippen molar-refractivity contribution in [2.24, 2.45) is 0 Å². The van der Waals surface area contributed by atoms with Gasteiger partial charge in [-0.1, -0.05) is 41.3 Å². The number of amides is 4. The summed E-state index contributed by atoms with van der Waals surface area (Å²) in [6, 6.07) is 3.72. The predicted octanol–water partition coefficient (Wildman–Crippen LogP) is 2.54. The summed E-state index contributed by atoms with van der Waals surface area (Å²) in [4.78, 5) is 50.6. The van der Waals surface area contributed by atoms with Gasteiger partial charge in [-0.15, -0.1) is 0 Å². The first-order chi connectivity index (χ1) is 14.0. The number of hydrogen-bond donors (Lipinski definition) is 1. The van der Waals surface area contributed by atoms with E-state index in [1.165, 1.54) is 6.07 Å². The van der Waals surface area contributed by atoms with Crippen molar-refractivity contribution in [1.29, 1.82) is 0 Å². The van der Waals surface area contributed by atoms with Crippen LogP contribution in [0, 0.1) is 0 Å². The van der Waals surface area contributed by atoms with Gasteiger partial charge in [0, 0.05) is 17.5 Å². The number of carbonyl (C=O) groups excluding carboxylic acids is 4. The molecule has 9 heteroatoms. The highest BCUT2D eigenvalue weighted by Gasteiger charge is 2.45. The molecule has 1 saturated heterocycles. The first kappa shape index (κ1) is 21.8. The lowest BCUT2D eigenvalue weighted by Gasteiger charge is -2.27. The molecule has 7 nitrogen and oxygen atoms in total. The minimum absolute atomic E-state index is 0.0671. The molecular weight excluding hydrogens is 460 g/mol. The lowest BCUT2D eigenvalue weighted by molar-refractivity contribution is -0.136. The summed E-state index contributed by atoms with van der Waals surface area (Å²) in [6.45, 7) is 0. The van der Waals surface area contributed by atoms with Gasteiger partial charge in [0.15, 0.2) is 0 Å². The molecule has 29 heavy (non-hydrogen) atoms. The van der Waals surface area contributed by atoms with Crippen LogP contribution in [0.25, 0.3) is 0 Å². The second-order valence-corrected chi connectivity index (χ2v) is 9.46. The van der Waals surface area contributed by atoms with Crippen molar-refractivity contribution in [3.63, 3.8) is 0 Å². The van der Waals surface area contributed by atoms with Crippen molar-refractivity contribution in [1.82, 2.24) is 10.2 Å². The van der Waals surface area contributed by atoms with E-state index >= 15 is 0 Å². The van der Waals surface area contributed by atoms with E-state index in [9.17, 15) is 23.4 Å². The van der Waals surface area contributed by atoms with Crippen molar-refractivity contribution in [2.75, 3.05) is 11.1 Å². The molecule has 4 amide bonds. The van der Waals surface area contributed by atoms with E-state index in [2.05, 4.69) is 21.2 Å². The number of rotatable bonds is 9. The van der Waals surface area contributed by atoms with Crippen LogP contribution in [-0.4, -0.2) is 49.9 Å². The van der Waals surface area contributed by atoms with Gasteiger partial charge in [0.1, 0.15) is 6.04 Å². The lowest BCUT2D eigenvalue weighted by atomic mass is 10.0. The summed E-state index contributed by atoms with van der Waals surface area (Å²) in [5.74, 6) is -1.83. The van der Waals surface area contributed by atoms with E-state index < -0.39 is 40.5 Å². The Hall–Kier alpha value is -1.87. The third kappa shape index (κ3) is 4.66. The van der Waals surface area contributed by atoms with Crippen molar-refractivity contribution in [2.45, 2.75) is 55.9 Å². The van der Waals surface area contributed by atoms with Crippen LogP contribution in [0.3, 0.4) is 0 Å². The molecule has 0 spiro atoms. The molecule has 1 N–H and O–H groups in total. The second-order valence-electron chi connectivity index (χ2n) is 7.13. The fraction of sp³-hybridized carbons (Fsp3) is 0.500. The number of hydrogen-bond acceptors (Lipinski definition) is 5. The van der Waals surface area contributed by atoms with Gasteiger partial charge in [-0.3, -0.25) is 33.6 Å². The number of fused-ring (bicyclic) bond motifs is 1. The summed E-state index contributed by atoms with van der Waals surface area (Å²) in [5.41, 5.74) is 0.294. The van der Waals surface area contributed by atoms with Crippen LogP contribution in [-0.2, 0) is 20.4 Å². The van der Waals surface area contributed by atoms with Crippen LogP contribution in [0.5, 0.6) is 0 Å². The molecule has 0 bridgehead atoms. The molecule has 2 atom stereocenters. The van der Waals surface area contributed by atoms with Crippen LogP contribution in [0.15, 0.2) is 23.1 Å². The Morgan fingerprint density at radius 1 is 1.03 bits per heavy atom. The van der Waals surface area contributed by atoms with Crippen LogP contribution in [0.1, 0.15) is 65.7 Å². The number of nitrogens with one attached hydrogen (secondary N) is 1. The van der Waals surface area contributed by atoms with Crippen molar-refractivity contribution in [3.8, 4) is 0 Å². The Bertz CT molecular complexity index is 872. The normalized spacial score (nSPS) is 20.0. The maximum atomic E-state index is 13.0. The number of unbranched alkanes of at least 4 members (excludes halogenated alkanes) is 4. The van der Waals surface area contributed by atoms with Gasteiger partial charge in [-0.05, 0) is 31.4 Å². The van der Waals surface area contributed by atoms with E-state index in [0.717, 1.165) is 42.3 Å². The highest BCUT2D eigenvalue weighted by atomic mass is 79.9. The lowest BCUT2D eigenvalue weighted by Crippen LogP contribution is -2.54. The van der Waals surface area contributed by atoms with Gasteiger partial charge >= 0.3 is 0 Å². The number of imide groups is 2. The molecule has 2 aliphatic rings. The van der Waals surface area contributed by atoms with E-state index in [-0.39, 0.29) is 24.0 Å². The average Bonchev–Trinajstić information content (AvgIpc) is 2.95. The molecule has 0 radical (unpaired) electrons. The molecule has 0 aromatic heterocycles. The molecule has 2 unspecified atom stereocenters. The van der Waals surface area contributed by atoms with E-state index in [4.69, 9.17) is 0 Å². The van der Waals surface area contributed by atoms with Crippen molar-refractivity contribution < 1.29 is 23.4 Å². The minimum Gasteiger partial charge on any atom is -0.295 e. The number of alkyl halides is 1. The minimum atomic E-state index is -1.41. The van der Waals surface area contributed by atoms with Crippen LogP contribution < -0.4 is 5.32 Å². The highest BCUT2D eigenvalue weighted by molar-refractivity contribution is 9.09. The quantitative estimate of drug-likeness (QED) is 0.331. The summed E-state index contributed by atoms with van der Waals surface area (Å²) in [5, 5.41) is 3.15. The van der Waals surface area contributed by atoms with Gasteiger partial charge in [0.25, 0.3) is 11.8 Å². The van der Waals surface area contributed by atoms with Gasteiger partial charge in [0.2, 0.25) is 11.8 Å². The Morgan fingerprint density at radius 3 is 2.48 bits per heavy atom. The van der Waals surface area contributed by atoms with Crippen LogP contribution >= 0.6 is 15.9 Å². The highest BCUT2D eigenvalue weighted by Crippen LogP contribution is 2.31. The molecule has 1 fully saturated rings. The molecule has 3 rings (SSSR count). The Labute approximate surface area is 180 Å². The fourth-order valence-corrected chi connectivity index (χ4v) is 5.38. The van der Waals surface area contributed by atoms with Crippen molar-refractivity contribution >= 4 is 50.4 Å². The van der Waals surface area contributed by atoms with Crippen molar-refractivity contribution in [3.05, 3.63) is 29.3 Å². The van der Waals surface area contributed by atoms with E-state index in [0.29, 0.717) is 10.6 Å². The Balaban J connectivity index is 1.73. The third-order valence-corrected chi connectivity index (χ3v) is 7.19. The van der Waals surface area contributed by atoms with Gasteiger partial charge in [-0.2, -0.15) is 0 Å². The maximum absolute atomic E-state index is 13.0. The second kappa shape index (κ2) is 9.75. The van der Waals surface area contributed by atoms with Gasteiger partial charge in [-0.25, -0.2) is 0 Å². The summed E-state index contributed by atoms with van der Waals surface area (Å²) in [7, 11) is -1.41. The third-order valence-electron chi connectivity index (χ3n) is 5.14. The molecule has 0 aliphatic carbocycles. The van der Waals surface area contributed by atoms with Crippen LogP contribution in [0.4, 0.5) is 0 Å². The molecule has 0 saturated carbocycles. The smallest absolute Gasteiger partial charge is 0.263 e. The molecule has 1 aromatic carbocycles. The summed E-state index contributed by atoms with van der Waals surface area (Å²) in [6.07, 6.45) is 5.20. The monoisotopic (exact) mass is 482 g/mol. The largest absolute Gasteiger partial charge is 0.295 e. The first-order valence-corrected chi connectivity index (χ1v) is 12.2. The van der Waals surface area contributed by atoms with E-state index in [1.54, 1.807) is 12.1 Å². The van der Waals surface area contributed by atoms with Gasteiger partial charge < -0.3 is 0 Å². The molecule has 156 valence electrons. The molecule has 2 heterocycles. The zero-order chi connectivity index (χ0) is 21.0. The number of carbonyl (C=O) groups is 4. The number of nitrogens with zero attached hydrogens (tertiary/aromatic N) is 1. The zero-order valence-corrected chi connectivity index (χ0v) is 18.4. The Morgan fingerprint density at radius 2 is 1.76 bits per heavy atom. The maximum Gasteiger partial charge on any atom is 0.263 e. The molecule has 1 aromatic rings. The standard InChI is InChI=1S/C20H23BrN2O5S/c21-11-4-2-1-3-5-12-29(28)15-8-6-7-13-17(15)20(27)23(19(13)26)14-9-10-16(24)22-18(14)25/h6-8,14H,1-5,9-12H2,(H,22,24,25). The van der Waals surface area contributed by atoms with Gasteiger partial charge in [0.05, 0.1) is 26.8 Å². The fourth-order valence-electron chi connectivity index (χ4n) is 3.64. The molecule has 2 aliphatic heterocycles. The zero-order valence-electron chi connectivity index (χ0n) is 15.9. The predicted molar refractivity (Wildman–Crippen MR) is 111 cm³/mol. The number of benzene rings is 1. The Kier molecular flexibility index (Phi) is 7.34. The number of halogens is 1. The SMILES string of the molecule is O=C1CCC(N2C(=O)c3cccc(S(=O)CCCCCCCBr)c3C2=O)C(=O)N1. The van der Waals surface area contributed by atoms with E-state index in [1.807, 2.05) is 0 Å². The topological polar surface area (TPSA) is 101 Å². The summed E-state index contributed by atoms with van der Waals surface area (Å²) >= 11 is 3.40. The molecular formula is C20H23BrN2O5S.